The monoisotopic (exact) mass is 514 g/mol. The fraction of sp³-hybridized carbons (Fsp3) is 0.179. The van der Waals surface area contributed by atoms with Gasteiger partial charge in [-0.15, -0.1) is 0 Å². The molecule has 9 heteroatoms. The molecular formula is C28H26N4O4S. The number of aryl methyl sites for hydroxylation is 2. The van der Waals surface area contributed by atoms with Crippen LogP contribution in [0.15, 0.2) is 66.7 Å². The molecule has 4 rings (SSSR count). The predicted octanol–water partition coefficient (Wildman–Crippen LogP) is 6.34. The van der Waals surface area contributed by atoms with Gasteiger partial charge in [0.15, 0.2) is 5.11 Å². The van der Waals surface area contributed by atoms with Crippen LogP contribution >= 0.6 is 12.2 Å². The molecule has 37 heavy (non-hydrogen) atoms. The number of carbonyl (C=O) groups is 1. The van der Waals surface area contributed by atoms with Crippen LogP contribution in [0.2, 0.25) is 0 Å². The lowest BCUT2D eigenvalue weighted by atomic mass is 10.0. The van der Waals surface area contributed by atoms with Crippen LogP contribution in [0.3, 0.4) is 0 Å². The normalized spacial score (nSPS) is 10.8. The van der Waals surface area contributed by atoms with Crippen LogP contribution in [0.25, 0.3) is 22.2 Å². The Morgan fingerprint density at radius 1 is 1.05 bits per heavy atom. The Hall–Kier alpha value is -4.37. The molecule has 4 aromatic rings. The lowest BCUT2D eigenvalue weighted by Crippen LogP contribution is -2.34. The van der Waals surface area contributed by atoms with Gasteiger partial charge in [0.1, 0.15) is 11.4 Å². The Kier molecular flexibility index (Phi) is 7.45. The molecule has 0 spiro atoms. The van der Waals surface area contributed by atoms with Gasteiger partial charge in [-0.3, -0.25) is 20.2 Å². The lowest BCUT2D eigenvalue weighted by molar-refractivity contribution is -0.384. The summed E-state index contributed by atoms with van der Waals surface area (Å²) in [6.45, 7) is 7.42. The van der Waals surface area contributed by atoms with Crippen molar-refractivity contribution in [2.24, 2.45) is 0 Å². The Labute approximate surface area is 219 Å². The van der Waals surface area contributed by atoms with E-state index < -0.39 is 10.8 Å². The second-order valence-electron chi connectivity index (χ2n) is 8.91. The van der Waals surface area contributed by atoms with Gasteiger partial charge in [0.25, 0.3) is 11.6 Å². The summed E-state index contributed by atoms with van der Waals surface area (Å²) in [5.74, 6) is 0.244. The molecule has 0 fully saturated rings. The number of nitrogens with one attached hydrogen (secondary N) is 2. The van der Waals surface area contributed by atoms with Crippen LogP contribution < -0.4 is 15.4 Å². The minimum Gasteiger partial charge on any atom is -0.491 e. The third-order valence-corrected chi connectivity index (χ3v) is 5.79. The Morgan fingerprint density at radius 3 is 2.54 bits per heavy atom. The average Bonchev–Trinajstić information content (AvgIpc) is 2.84. The Bertz CT molecular complexity index is 1530. The zero-order valence-electron chi connectivity index (χ0n) is 20.9. The van der Waals surface area contributed by atoms with Gasteiger partial charge in [0, 0.05) is 17.0 Å². The van der Waals surface area contributed by atoms with E-state index in [1.165, 1.54) is 6.07 Å². The predicted molar refractivity (Wildman–Crippen MR) is 149 cm³/mol. The van der Waals surface area contributed by atoms with Crippen LogP contribution in [0, 0.1) is 24.0 Å². The van der Waals surface area contributed by atoms with Crippen molar-refractivity contribution >= 4 is 45.5 Å². The van der Waals surface area contributed by atoms with Crippen molar-refractivity contribution in [3.63, 3.8) is 0 Å². The largest absolute Gasteiger partial charge is 0.491 e. The number of hydrogen-bond acceptors (Lipinski definition) is 6. The summed E-state index contributed by atoms with van der Waals surface area (Å²) in [5.41, 5.74) is 3.93. The minimum atomic E-state index is -0.480. The zero-order valence-corrected chi connectivity index (χ0v) is 21.7. The number of nitro groups is 1. The third kappa shape index (κ3) is 5.90. The maximum Gasteiger partial charge on any atom is 0.293 e. The highest BCUT2D eigenvalue weighted by Crippen LogP contribution is 2.30. The standard InChI is InChI=1S/C28H26N4O4S/c1-16(2)36-20-9-7-8-19(14-20)24-15-22(21-10-5-6-11-23(21)29-24)27(33)31-28(37)30-26-18(4)12-17(3)13-25(26)32(34)35/h5-16H,1-4H3,(H2,30,31,33,37). The van der Waals surface area contributed by atoms with Gasteiger partial charge in [0.2, 0.25) is 0 Å². The van der Waals surface area contributed by atoms with Gasteiger partial charge in [-0.25, -0.2) is 4.98 Å². The number of thiocarbonyl (C=S) groups is 1. The molecule has 1 heterocycles. The minimum absolute atomic E-state index is 0.0163. The van der Waals surface area contributed by atoms with Crippen molar-refractivity contribution in [2.45, 2.75) is 33.8 Å². The van der Waals surface area contributed by atoms with Gasteiger partial charge in [-0.05, 0) is 75.3 Å². The van der Waals surface area contributed by atoms with Gasteiger partial charge in [-0.1, -0.05) is 36.4 Å². The molecule has 1 amide bonds. The number of carbonyl (C=O) groups excluding carboxylic acids is 1. The van der Waals surface area contributed by atoms with E-state index in [-0.39, 0.29) is 22.6 Å². The quantitative estimate of drug-likeness (QED) is 0.176. The summed E-state index contributed by atoms with van der Waals surface area (Å²) in [6.07, 6.45) is 0.0163. The maximum atomic E-state index is 13.4. The molecule has 0 radical (unpaired) electrons. The Balaban J connectivity index is 1.67. The maximum absolute atomic E-state index is 13.4. The number of nitro benzene ring substituents is 1. The number of amides is 1. The molecule has 3 aromatic carbocycles. The van der Waals surface area contributed by atoms with E-state index in [4.69, 9.17) is 21.9 Å². The number of ether oxygens (including phenoxy) is 1. The summed E-state index contributed by atoms with van der Waals surface area (Å²) in [7, 11) is 0. The van der Waals surface area contributed by atoms with Crippen LogP contribution in [-0.4, -0.2) is 27.0 Å². The number of pyridine rings is 1. The highest BCUT2D eigenvalue weighted by molar-refractivity contribution is 7.80. The number of hydrogen-bond donors (Lipinski definition) is 2. The van der Waals surface area contributed by atoms with E-state index in [2.05, 4.69) is 10.6 Å². The van der Waals surface area contributed by atoms with Crippen LogP contribution in [0.5, 0.6) is 5.75 Å². The number of fused-ring (bicyclic) bond motifs is 1. The highest BCUT2D eigenvalue weighted by Gasteiger charge is 2.20. The van der Waals surface area contributed by atoms with Crippen LogP contribution in [0.1, 0.15) is 35.3 Å². The molecule has 2 N–H and O–H groups in total. The lowest BCUT2D eigenvalue weighted by Gasteiger charge is -2.15. The van der Waals surface area contributed by atoms with Crippen LogP contribution in [-0.2, 0) is 0 Å². The molecule has 0 aliphatic carbocycles. The fourth-order valence-corrected chi connectivity index (χ4v) is 4.27. The zero-order chi connectivity index (χ0) is 26.7. The molecule has 0 unspecified atom stereocenters. The van der Waals surface area contributed by atoms with E-state index in [0.717, 1.165) is 11.1 Å². The molecule has 8 nitrogen and oxygen atoms in total. The number of nitrogens with zero attached hydrogens (tertiary/aromatic N) is 2. The van der Waals surface area contributed by atoms with Crippen molar-refractivity contribution in [1.29, 1.82) is 0 Å². The summed E-state index contributed by atoms with van der Waals surface area (Å²) < 4.78 is 5.81. The fourth-order valence-electron chi connectivity index (χ4n) is 4.08. The molecular weight excluding hydrogens is 488 g/mol. The molecule has 0 atom stereocenters. The first-order chi connectivity index (χ1) is 17.6. The summed E-state index contributed by atoms with van der Waals surface area (Å²) >= 11 is 5.36. The topological polar surface area (TPSA) is 106 Å². The number of aromatic nitrogens is 1. The number of anilines is 1. The van der Waals surface area contributed by atoms with E-state index in [9.17, 15) is 14.9 Å². The van der Waals surface area contributed by atoms with Crippen molar-refractivity contribution < 1.29 is 14.5 Å². The molecule has 1 aromatic heterocycles. The summed E-state index contributed by atoms with van der Waals surface area (Å²) in [4.78, 5) is 29.2. The van der Waals surface area contributed by atoms with E-state index in [1.54, 1.807) is 26.0 Å². The van der Waals surface area contributed by atoms with Gasteiger partial charge in [0.05, 0.1) is 27.8 Å². The molecule has 188 valence electrons. The van der Waals surface area contributed by atoms with Gasteiger partial charge >= 0.3 is 0 Å². The summed E-state index contributed by atoms with van der Waals surface area (Å²) in [5, 5.41) is 17.7. The first-order valence-electron chi connectivity index (χ1n) is 11.7. The number of rotatable bonds is 6. The van der Waals surface area contributed by atoms with Gasteiger partial charge in [-0.2, -0.15) is 0 Å². The van der Waals surface area contributed by atoms with E-state index in [1.807, 2.05) is 62.4 Å². The molecule has 0 aliphatic heterocycles. The third-order valence-electron chi connectivity index (χ3n) is 5.58. The molecule has 0 bridgehead atoms. The molecule has 0 saturated heterocycles. The smallest absolute Gasteiger partial charge is 0.293 e. The van der Waals surface area contributed by atoms with Crippen molar-refractivity contribution in [2.75, 3.05) is 5.32 Å². The number of benzene rings is 3. The first-order valence-corrected chi connectivity index (χ1v) is 12.1. The van der Waals surface area contributed by atoms with Crippen molar-refractivity contribution in [3.8, 4) is 17.0 Å². The van der Waals surface area contributed by atoms with E-state index >= 15 is 0 Å². The van der Waals surface area contributed by atoms with Gasteiger partial charge < -0.3 is 10.1 Å². The highest BCUT2D eigenvalue weighted by atomic mass is 32.1. The molecule has 0 saturated carbocycles. The second kappa shape index (κ2) is 10.7. The Morgan fingerprint density at radius 2 is 1.81 bits per heavy atom. The average molecular weight is 515 g/mol. The second-order valence-corrected chi connectivity index (χ2v) is 9.32. The van der Waals surface area contributed by atoms with E-state index in [0.29, 0.717) is 33.5 Å². The van der Waals surface area contributed by atoms with Crippen LogP contribution in [0.4, 0.5) is 11.4 Å². The van der Waals surface area contributed by atoms with Crippen molar-refractivity contribution in [1.82, 2.24) is 10.3 Å². The first kappa shape index (κ1) is 25.7. The summed E-state index contributed by atoms with van der Waals surface area (Å²) in [6, 6.07) is 19.8. The molecule has 0 aliphatic rings. The van der Waals surface area contributed by atoms with Crippen molar-refractivity contribution in [3.05, 3.63) is 93.5 Å². The number of para-hydroxylation sites is 1. The SMILES string of the molecule is Cc1cc(C)c(NC(=S)NC(=O)c2cc(-c3cccc(OC(C)C)c3)nc3ccccc23)c([N+](=O)[O-])c1.